The van der Waals surface area contributed by atoms with E-state index in [2.05, 4.69) is 109 Å². The largest absolute Gasteiger partial charge is 0.265 e. The van der Waals surface area contributed by atoms with Gasteiger partial charge in [0.2, 0.25) is 0 Å². The molecular weight excluding hydrogens is 921 g/mol. The average molecular weight is 1010 g/mol. The molecule has 0 spiro atoms. The fraction of sp³-hybridized carbons (Fsp3) is 0.443. The summed E-state index contributed by atoms with van der Waals surface area (Å²) in [6.07, 6.45) is 41.0. The van der Waals surface area contributed by atoms with Crippen LogP contribution in [0.25, 0.3) is 44.8 Å². The number of hydrogen-bond acceptors (Lipinski definition) is 3. The fourth-order valence-electron chi connectivity index (χ4n) is 9.59. The molecule has 0 amide bonds. The minimum Gasteiger partial charge on any atom is -0.265 e. The number of rotatable bonds is 31. The molecule has 3 heterocycles. The molecule has 75 heavy (non-hydrogen) atoms. The standard InChI is InChI=1S/C33H44FN.C32H42FN.C5H5N/c1-3-5-7-9-11-13-15-27-17-20-29(21-18-27)30-22-24-33(35-26-30)31-23-19-28(25-32(31)34)16-14-12-10-8-6-4-2;1-3-5-7-9-11-13-15-27-18-22-30(31(33)24-27)32-23-21-29(25-34-32)28-19-16-26(17-20-28)14-12-10-8-6-4-2;1-2-4-6-5-3-1/h17-26H,3-16H2,1-2H3;16-25H,3-15H2,1-2H3;1-5H. The number of halogens is 2. The molecule has 0 atom stereocenters. The van der Waals surface area contributed by atoms with Gasteiger partial charge in [0.05, 0.1) is 11.4 Å². The van der Waals surface area contributed by atoms with E-state index < -0.39 is 0 Å². The van der Waals surface area contributed by atoms with Gasteiger partial charge in [-0.25, -0.2) is 8.78 Å². The van der Waals surface area contributed by atoms with Crippen LogP contribution < -0.4 is 0 Å². The highest BCUT2D eigenvalue weighted by molar-refractivity contribution is 5.69. The van der Waals surface area contributed by atoms with Crippen molar-refractivity contribution in [3.8, 4) is 44.8 Å². The quantitative estimate of drug-likeness (QED) is 0.0407. The number of hydrogen-bond donors (Lipinski definition) is 0. The fourth-order valence-corrected chi connectivity index (χ4v) is 9.59. The molecule has 0 aliphatic heterocycles. The van der Waals surface area contributed by atoms with Crippen LogP contribution in [-0.2, 0) is 25.7 Å². The molecule has 0 bridgehead atoms. The van der Waals surface area contributed by atoms with Gasteiger partial charge in [0, 0.05) is 47.0 Å². The number of benzene rings is 4. The Morgan fingerprint density at radius 3 is 0.893 bits per heavy atom. The van der Waals surface area contributed by atoms with Crippen molar-refractivity contribution in [2.24, 2.45) is 0 Å². The van der Waals surface area contributed by atoms with Gasteiger partial charge in [0.15, 0.2) is 0 Å². The first-order chi connectivity index (χ1) is 36.9. The number of pyridine rings is 3. The third-order valence-corrected chi connectivity index (χ3v) is 14.3. The Kier molecular flexibility index (Phi) is 29.6. The summed E-state index contributed by atoms with van der Waals surface area (Å²) in [7, 11) is 0. The van der Waals surface area contributed by atoms with Crippen molar-refractivity contribution in [3.63, 3.8) is 0 Å². The maximum atomic E-state index is 14.8. The second-order valence-electron chi connectivity index (χ2n) is 20.6. The topological polar surface area (TPSA) is 38.7 Å². The highest BCUT2D eigenvalue weighted by Gasteiger charge is 2.11. The van der Waals surface area contributed by atoms with Gasteiger partial charge in [-0.05, 0) is 133 Å². The molecule has 400 valence electrons. The van der Waals surface area contributed by atoms with Gasteiger partial charge >= 0.3 is 0 Å². The van der Waals surface area contributed by atoms with Crippen LogP contribution in [0.4, 0.5) is 8.78 Å². The van der Waals surface area contributed by atoms with Crippen LogP contribution in [0, 0.1) is 11.6 Å². The molecule has 0 fully saturated rings. The van der Waals surface area contributed by atoms with Crippen molar-refractivity contribution in [2.75, 3.05) is 0 Å². The smallest absolute Gasteiger partial charge is 0.132 e. The maximum absolute atomic E-state index is 14.8. The molecular formula is C70H91F2N3. The molecule has 4 aromatic carbocycles. The highest BCUT2D eigenvalue weighted by atomic mass is 19.1. The second kappa shape index (κ2) is 37.0. The number of aryl methyl sites for hydroxylation is 4. The Morgan fingerprint density at radius 1 is 0.307 bits per heavy atom. The summed E-state index contributed by atoms with van der Waals surface area (Å²) in [5, 5.41) is 0. The Balaban J connectivity index is 0.000000249. The summed E-state index contributed by atoms with van der Waals surface area (Å²) in [5.74, 6) is -0.347. The lowest BCUT2D eigenvalue weighted by atomic mass is 10.00. The van der Waals surface area contributed by atoms with Crippen molar-refractivity contribution in [1.82, 2.24) is 15.0 Å². The molecule has 5 heteroatoms. The van der Waals surface area contributed by atoms with Gasteiger partial charge in [0.25, 0.3) is 0 Å². The first-order valence-corrected chi connectivity index (χ1v) is 29.5. The van der Waals surface area contributed by atoms with Crippen LogP contribution >= 0.6 is 0 Å². The Labute approximate surface area is 453 Å². The van der Waals surface area contributed by atoms with Gasteiger partial charge in [0.1, 0.15) is 11.6 Å². The lowest BCUT2D eigenvalue weighted by Crippen LogP contribution is -1.93. The zero-order valence-corrected chi connectivity index (χ0v) is 46.6. The van der Waals surface area contributed by atoms with E-state index in [1.165, 1.54) is 146 Å². The molecule has 0 aliphatic carbocycles. The average Bonchev–Trinajstić information content (AvgIpc) is 3.45. The Morgan fingerprint density at radius 2 is 0.613 bits per heavy atom. The molecule has 7 rings (SSSR count). The van der Waals surface area contributed by atoms with E-state index in [0.29, 0.717) is 22.5 Å². The summed E-state index contributed by atoms with van der Waals surface area (Å²) < 4.78 is 29.6. The van der Waals surface area contributed by atoms with Crippen LogP contribution in [0.3, 0.4) is 0 Å². The Hall–Kier alpha value is -5.81. The number of unbranched alkanes of at least 4 members (excludes halogenated alkanes) is 19. The summed E-state index contributed by atoms with van der Waals surface area (Å²) >= 11 is 0. The summed E-state index contributed by atoms with van der Waals surface area (Å²) in [6, 6.07) is 42.6. The zero-order valence-electron chi connectivity index (χ0n) is 46.6. The second-order valence-corrected chi connectivity index (χ2v) is 20.6. The first-order valence-electron chi connectivity index (χ1n) is 29.5. The Bertz CT molecular complexity index is 2490. The minimum atomic E-state index is -0.174. The molecule has 0 aliphatic rings. The predicted molar refractivity (Wildman–Crippen MR) is 318 cm³/mol. The molecule has 0 N–H and O–H groups in total. The van der Waals surface area contributed by atoms with Crippen LogP contribution in [-0.4, -0.2) is 15.0 Å². The lowest BCUT2D eigenvalue weighted by Gasteiger charge is -2.08. The van der Waals surface area contributed by atoms with E-state index in [4.69, 9.17) is 0 Å². The van der Waals surface area contributed by atoms with Crippen LogP contribution in [0.1, 0.15) is 198 Å². The normalized spacial score (nSPS) is 10.9. The SMILES string of the molecule is CCCCCCCCc1ccc(-c2ccc(-c3ccc(CCCCCCC)cc3)cn2)c(F)c1.CCCCCCCCc1ccc(-c2ccc(-c3ccc(CCCCCCCC)cc3F)nc2)cc1.c1ccncc1. The van der Waals surface area contributed by atoms with Crippen molar-refractivity contribution in [2.45, 2.75) is 201 Å². The number of nitrogens with zero attached hydrogens (tertiary/aromatic N) is 3. The van der Waals surface area contributed by atoms with Crippen molar-refractivity contribution < 1.29 is 8.78 Å². The summed E-state index contributed by atoms with van der Waals surface area (Å²) in [6.45, 7) is 8.99. The van der Waals surface area contributed by atoms with Crippen LogP contribution in [0.15, 0.2) is 152 Å². The summed E-state index contributed by atoms with van der Waals surface area (Å²) in [4.78, 5) is 13.0. The van der Waals surface area contributed by atoms with E-state index in [-0.39, 0.29) is 11.6 Å². The van der Waals surface area contributed by atoms with Crippen LogP contribution in [0.2, 0.25) is 0 Å². The van der Waals surface area contributed by atoms with E-state index >= 15 is 0 Å². The zero-order chi connectivity index (χ0) is 53.0. The third-order valence-electron chi connectivity index (χ3n) is 14.3. The highest BCUT2D eigenvalue weighted by Crippen LogP contribution is 2.29. The van der Waals surface area contributed by atoms with Crippen molar-refractivity contribution in [1.29, 1.82) is 0 Å². The molecule has 0 radical (unpaired) electrons. The molecule has 3 nitrogen and oxygen atoms in total. The van der Waals surface area contributed by atoms with Gasteiger partial charge < -0.3 is 0 Å². The van der Waals surface area contributed by atoms with E-state index in [0.717, 1.165) is 71.9 Å². The van der Waals surface area contributed by atoms with Gasteiger partial charge in [-0.3, -0.25) is 15.0 Å². The maximum Gasteiger partial charge on any atom is 0.132 e. The molecule has 0 unspecified atom stereocenters. The lowest BCUT2D eigenvalue weighted by molar-refractivity contribution is 0.603. The monoisotopic (exact) mass is 1010 g/mol. The van der Waals surface area contributed by atoms with Gasteiger partial charge in [-0.15, -0.1) is 0 Å². The van der Waals surface area contributed by atoms with Crippen LogP contribution in [0.5, 0.6) is 0 Å². The number of aromatic nitrogens is 3. The van der Waals surface area contributed by atoms with Gasteiger partial charge in [-0.1, -0.05) is 229 Å². The third kappa shape index (κ3) is 23.3. The van der Waals surface area contributed by atoms with E-state index in [1.807, 2.05) is 60.9 Å². The molecule has 7 aromatic rings. The minimum absolute atomic E-state index is 0.173. The molecule has 0 saturated carbocycles. The predicted octanol–water partition coefficient (Wildman–Crippen LogP) is 21.4. The van der Waals surface area contributed by atoms with Gasteiger partial charge in [-0.2, -0.15) is 0 Å². The molecule has 3 aromatic heterocycles. The summed E-state index contributed by atoms with van der Waals surface area (Å²) in [5.41, 5.74) is 12.0. The first kappa shape index (κ1) is 60.1. The molecule has 0 saturated heterocycles. The van der Waals surface area contributed by atoms with E-state index in [1.54, 1.807) is 24.5 Å². The van der Waals surface area contributed by atoms with E-state index in [9.17, 15) is 8.78 Å². The van der Waals surface area contributed by atoms with Crippen molar-refractivity contribution >= 4 is 0 Å². The van der Waals surface area contributed by atoms with Crippen molar-refractivity contribution in [3.05, 3.63) is 186 Å².